The van der Waals surface area contributed by atoms with Gasteiger partial charge in [-0.15, -0.1) is 0 Å². The average molecular weight is 326 g/mol. The third-order valence-electron chi connectivity index (χ3n) is 4.31. The normalized spacial score (nSPS) is 11.0. The molecule has 0 spiro atoms. The smallest absolute Gasteiger partial charge is 0.225 e. The number of unbranched alkanes of at least 4 members (excludes halogenated alkanes) is 2. The molecule has 0 saturated heterocycles. The number of rotatable bonds is 9. The predicted molar refractivity (Wildman–Crippen MR) is 99.8 cm³/mol. The van der Waals surface area contributed by atoms with Crippen LogP contribution in [-0.4, -0.2) is 21.9 Å². The van der Waals surface area contributed by atoms with Gasteiger partial charge >= 0.3 is 0 Å². The second kappa shape index (κ2) is 9.31. The first-order valence-corrected chi connectivity index (χ1v) is 9.08. The maximum atomic E-state index is 12.5. The van der Waals surface area contributed by atoms with Crippen molar-refractivity contribution in [1.82, 2.24) is 9.47 Å². The molecule has 0 fully saturated rings. The number of hydrogen-bond acceptors (Lipinski definition) is 1. The molecular formula is C21H30N2O. The molecule has 0 radical (unpaired) electrons. The van der Waals surface area contributed by atoms with Crippen molar-refractivity contribution in [3.05, 3.63) is 59.9 Å². The zero-order valence-corrected chi connectivity index (χ0v) is 15.2. The molecule has 2 rings (SSSR count). The molecule has 1 amide bonds. The Kier molecular flexibility index (Phi) is 7.10. The van der Waals surface area contributed by atoms with Gasteiger partial charge in [0.05, 0.1) is 6.54 Å². The highest BCUT2D eigenvalue weighted by Crippen LogP contribution is 2.14. The lowest BCUT2D eigenvalue weighted by Gasteiger charge is -2.25. The fourth-order valence-electron chi connectivity index (χ4n) is 2.91. The summed E-state index contributed by atoms with van der Waals surface area (Å²) in [6, 6.07) is 14.7. The summed E-state index contributed by atoms with van der Waals surface area (Å²) in [6.07, 6.45) is 5.53. The van der Waals surface area contributed by atoms with Gasteiger partial charge in [0, 0.05) is 30.9 Å². The SMILES string of the molecule is CCCCCN(Cc1cccn1Cc1ccccc1)C(=O)C(C)C. The first-order valence-electron chi connectivity index (χ1n) is 9.08. The van der Waals surface area contributed by atoms with Crippen LogP contribution < -0.4 is 0 Å². The van der Waals surface area contributed by atoms with E-state index >= 15 is 0 Å². The second-order valence-electron chi connectivity index (χ2n) is 6.73. The van der Waals surface area contributed by atoms with Gasteiger partial charge in [0.1, 0.15) is 0 Å². The summed E-state index contributed by atoms with van der Waals surface area (Å²) >= 11 is 0. The molecule has 1 aromatic heterocycles. The highest BCUT2D eigenvalue weighted by atomic mass is 16.2. The van der Waals surface area contributed by atoms with Gasteiger partial charge in [-0.3, -0.25) is 4.79 Å². The highest BCUT2D eigenvalue weighted by Gasteiger charge is 2.18. The number of benzene rings is 1. The lowest BCUT2D eigenvalue weighted by molar-refractivity contribution is -0.135. The summed E-state index contributed by atoms with van der Waals surface area (Å²) in [5, 5.41) is 0. The number of amides is 1. The summed E-state index contributed by atoms with van der Waals surface area (Å²) in [6.45, 7) is 8.56. The zero-order valence-electron chi connectivity index (χ0n) is 15.2. The van der Waals surface area contributed by atoms with Crippen molar-refractivity contribution < 1.29 is 4.79 Å². The summed E-state index contributed by atoms with van der Waals surface area (Å²) in [7, 11) is 0. The van der Waals surface area contributed by atoms with E-state index in [1.165, 1.54) is 24.1 Å². The quantitative estimate of drug-likeness (QED) is 0.613. The monoisotopic (exact) mass is 326 g/mol. The van der Waals surface area contributed by atoms with Gasteiger partial charge in [0.15, 0.2) is 0 Å². The van der Waals surface area contributed by atoms with E-state index in [4.69, 9.17) is 0 Å². The first-order chi connectivity index (χ1) is 11.6. The largest absolute Gasteiger partial charge is 0.345 e. The third-order valence-corrected chi connectivity index (χ3v) is 4.31. The molecule has 2 aromatic rings. The van der Waals surface area contributed by atoms with Crippen LogP contribution in [0.1, 0.15) is 51.3 Å². The van der Waals surface area contributed by atoms with Crippen molar-refractivity contribution in [2.75, 3.05) is 6.54 Å². The van der Waals surface area contributed by atoms with E-state index in [1.54, 1.807) is 0 Å². The molecular weight excluding hydrogens is 296 g/mol. The third kappa shape index (κ3) is 5.26. The Morgan fingerprint density at radius 3 is 2.50 bits per heavy atom. The molecule has 3 heteroatoms. The number of aromatic nitrogens is 1. The minimum atomic E-state index is 0.0455. The molecule has 0 atom stereocenters. The van der Waals surface area contributed by atoms with Gasteiger partial charge < -0.3 is 9.47 Å². The van der Waals surface area contributed by atoms with Crippen molar-refractivity contribution in [2.24, 2.45) is 5.92 Å². The first kappa shape index (κ1) is 18.3. The van der Waals surface area contributed by atoms with Gasteiger partial charge in [-0.2, -0.15) is 0 Å². The lowest BCUT2D eigenvalue weighted by Crippen LogP contribution is -2.35. The molecule has 0 unspecified atom stereocenters. The molecule has 0 N–H and O–H groups in total. The van der Waals surface area contributed by atoms with E-state index in [2.05, 4.69) is 54.1 Å². The minimum absolute atomic E-state index is 0.0455. The molecule has 24 heavy (non-hydrogen) atoms. The molecule has 1 aromatic carbocycles. The highest BCUT2D eigenvalue weighted by molar-refractivity contribution is 5.78. The summed E-state index contributed by atoms with van der Waals surface area (Å²) in [5.41, 5.74) is 2.48. The maximum absolute atomic E-state index is 12.5. The Bertz CT molecular complexity index is 616. The molecule has 1 heterocycles. The Morgan fingerprint density at radius 1 is 1.08 bits per heavy atom. The number of hydrogen-bond donors (Lipinski definition) is 0. The fraction of sp³-hybridized carbons (Fsp3) is 0.476. The van der Waals surface area contributed by atoms with Crippen molar-refractivity contribution >= 4 is 5.91 Å². The maximum Gasteiger partial charge on any atom is 0.225 e. The Morgan fingerprint density at radius 2 is 1.83 bits per heavy atom. The summed E-state index contributed by atoms with van der Waals surface area (Å²) < 4.78 is 2.25. The van der Waals surface area contributed by atoms with Crippen LogP contribution in [0.2, 0.25) is 0 Å². The Labute approximate surface area is 146 Å². The van der Waals surface area contributed by atoms with E-state index in [0.717, 1.165) is 19.5 Å². The number of nitrogens with zero attached hydrogens (tertiary/aromatic N) is 2. The van der Waals surface area contributed by atoms with E-state index in [1.807, 2.05) is 24.8 Å². The van der Waals surface area contributed by atoms with Crippen molar-refractivity contribution in [3.8, 4) is 0 Å². The molecule has 3 nitrogen and oxygen atoms in total. The molecule has 0 bridgehead atoms. The van der Waals surface area contributed by atoms with Gasteiger partial charge in [0.25, 0.3) is 0 Å². The van der Waals surface area contributed by atoms with Crippen LogP contribution in [-0.2, 0) is 17.9 Å². The van der Waals surface area contributed by atoms with Crippen LogP contribution in [0.5, 0.6) is 0 Å². The molecule has 0 aliphatic rings. The van der Waals surface area contributed by atoms with Gasteiger partial charge in [-0.1, -0.05) is 63.9 Å². The topological polar surface area (TPSA) is 25.2 Å². The summed E-state index contributed by atoms with van der Waals surface area (Å²) in [5.74, 6) is 0.294. The Balaban J connectivity index is 2.08. The Hall–Kier alpha value is -2.03. The van der Waals surface area contributed by atoms with Crippen LogP contribution in [0.3, 0.4) is 0 Å². The van der Waals surface area contributed by atoms with Crippen molar-refractivity contribution in [3.63, 3.8) is 0 Å². The van der Waals surface area contributed by atoms with Crippen LogP contribution in [0.25, 0.3) is 0 Å². The van der Waals surface area contributed by atoms with Crippen LogP contribution in [0.15, 0.2) is 48.7 Å². The van der Waals surface area contributed by atoms with E-state index < -0.39 is 0 Å². The standard InChI is InChI=1S/C21H30N2O/c1-4-5-9-14-23(21(24)18(2)3)17-20-13-10-15-22(20)16-19-11-7-6-8-12-19/h6-8,10-13,15,18H,4-5,9,14,16-17H2,1-3H3. The molecule has 0 aliphatic heterocycles. The second-order valence-corrected chi connectivity index (χ2v) is 6.73. The zero-order chi connectivity index (χ0) is 17.4. The van der Waals surface area contributed by atoms with E-state index in [-0.39, 0.29) is 11.8 Å². The predicted octanol–water partition coefficient (Wildman–Crippen LogP) is 4.71. The van der Waals surface area contributed by atoms with Crippen molar-refractivity contribution in [2.45, 2.75) is 53.1 Å². The lowest BCUT2D eigenvalue weighted by atomic mass is 10.1. The minimum Gasteiger partial charge on any atom is -0.345 e. The van der Waals surface area contributed by atoms with Crippen LogP contribution >= 0.6 is 0 Å². The van der Waals surface area contributed by atoms with Crippen molar-refractivity contribution in [1.29, 1.82) is 0 Å². The summed E-state index contributed by atoms with van der Waals surface area (Å²) in [4.78, 5) is 14.6. The van der Waals surface area contributed by atoms with Crippen LogP contribution in [0, 0.1) is 5.92 Å². The fourth-order valence-corrected chi connectivity index (χ4v) is 2.91. The number of carbonyl (C=O) groups excluding carboxylic acids is 1. The molecule has 0 saturated carbocycles. The number of carbonyl (C=O) groups is 1. The van der Waals surface area contributed by atoms with Gasteiger partial charge in [0.2, 0.25) is 5.91 Å². The molecule has 0 aliphatic carbocycles. The van der Waals surface area contributed by atoms with Gasteiger partial charge in [-0.05, 0) is 24.1 Å². The van der Waals surface area contributed by atoms with E-state index in [9.17, 15) is 4.79 Å². The van der Waals surface area contributed by atoms with Crippen LogP contribution in [0.4, 0.5) is 0 Å². The molecule has 130 valence electrons. The average Bonchev–Trinajstić information content (AvgIpc) is 3.01. The van der Waals surface area contributed by atoms with E-state index in [0.29, 0.717) is 6.54 Å². The van der Waals surface area contributed by atoms with Gasteiger partial charge in [-0.25, -0.2) is 0 Å².